The zero-order valence-corrected chi connectivity index (χ0v) is 15.9. The SMILES string of the molecule is COCc1c(C(=O)N2Cc3c(-c4nc(C5CC5)no4)nn(C)c3C2)noc1C. The van der Waals surface area contributed by atoms with Crippen molar-refractivity contribution < 1.29 is 18.6 Å². The van der Waals surface area contributed by atoms with E-state index in [0.29, 0.717) is 41.9 Å². The van der Waals surface area contributed by atoms with Gasteiger partial charge in [0.15, 0.2) is 17.2 Å². The van der Waals surface area contributed by atoms with E-state index in [-0.39, 0.29) is 18.2 Å². The highest BCUT2D eigenvalue weighted by Gasteiger charge is 2.36. The third kappa shape index (κ3) is 2.63. The minimum Gasteiger partial charge on any atom is -0.380 e. The topological polar surface area (TPSA) is 112 Å². The van der Waals surface area contributed by atoms with E-state index in [0.717, 1.165) is 29.9 Å². The second-order valence-corrected chi connectivity index (χ2v) is 7.29. The number of carbonyl (C=O) groups is 1. The van der Waals surface area contributed by atoms with Crippen LogP contribution in [0.5, 0.6) is 0 Å². The number of fused-ring (bicyclic) bond motifs is 1. The highest BCUT2D eigenvalue weighted by atomic mass is 16.5. The maximum absolute atomic E-state index is 13.1. The van der Waals surface area contributed by atoms with E-state index in [1.165, 1.54) is 0 Å². The van der Waals surface area contributed by atoms with Gasteiger partial charge in [-0.1, -0.05) is 10.3 Å². The number of hydrogen-bond acceptors (Lipinski definition) is 8. The van der Waals surface area contributed by atoms with E-state index in [4.69, 9.17) is 13.8 Å². The molecule has 0 atom stereocenters. The Morgan fingerprint density at radius 1 is 1.25 bits per heavy atom. The average Bonchev–Trinajstić information content (AvgIpc) is 3.03. The molecule has 0 aromatic carbocycles. The van der Waals surface area contributed by atoms with Crippen LogP contribution in [-0.2, 0) is 31.5 Å². The van der Waals surface area contributed by atoms with Gasteiger partial charge in [0.25, 0.3) is 11.8 Å². The minimum absolute atomic E-state index is 0.199. The maximum atomic E-state index is 13.1. The van der Waals surface area contributed by atoms with Crippen LogP contribution in [0, 0.1) is 6.92 Å². The summed E-state index contributed by atoms with van der Waals surface area (Å²) in [7, 11) is 3.43. The standard InChI is InChI=1S/C18H20N6O4/c1-9-12(8-26-3)15(21-27-9)18(25)24-6-11-13(7-24)23(2)20-14(11)17-19-16(22-28-17)10-4-5-10/h10H,4-8H2,1-3H3. The highest BCUT2D eigenvalue weighted by molar-refractivity contribution is 5.94. The van der Waals surface area contributed by atoms with Crippen molar-refractivity contribution in [2.24, 2.45) is 7.05 Å². The van der Waals surface area contributed by atoms with Crippen molar-refractivity contribution in [2.75, 3.05) is 7.11 Å². The van der Waals surface area contributed by atoms with E-state index >= 15 is 0 Å². The first kappa shape index (κ1) is 17.1. The molecule has 3 aromatic heterocycles. The summed E-state index contributed by atoms with van der Waals surface area (Å²) in [5.74, 6) is 1.94. The number of hydrogen-bond donors (Lipinski definition) is 0. The predicted molar refractivity (Wildman–Crippen MR) is 94.0 cm³/mol. The molecular weight excluding hydrogens is 364 g/mol. The molecule has 1 saturated carbocycles. The molecule has 5 rings (SSSR count). The van der Waals surface area contributed by atoms with Crippen molar-refractivity contribution in [1.29, 1.82) is 0 Å². The molecule has 146 valence electrons. The first-order chi connectivity index (χ1) is 13.6. The first-order valence-corrected chi connectivity index (χ1v) is 9.19. The van der Waals surface area contributed by atoms with Gasteiger partial charge in [-0.25, -0.2) is 0 Å². The summed E-state index contributed by atoms with van der Waals surface area (Å²) >= 11 is 0. The molecule has 28 heavy (non-hydrogen) atoms. The Balaban J connectivity index is 1.43. The Labute approximate surface area is 160 Å². The van der Waals surface area contributed by atoms with E-state index in [1.807, 2.05) is 7.05 Å². The minimum atomic E-state index is -0.199. The average molecular weight is 384 g/mol. The molecule has 3 aromatic rings. The van der Waals surface area contributed by atoms with Gasteiger partial charge in [-0.3, -0.25) is 9.48 Å². The van der Waals surface area contributed by atoms with Crippen LogP contribution in [-0.4, -0.2) is 43.0 Å². The molecule has 10 nitrogen and oxygen atoms in total. The number of rotatable bonds is 5. The lowest BCUT2D eigenvalue weighted by Gasteiger charge is -2.15. The van der Waals surface area contributed by atoms with Crippen molar-refractivity contribution in [3.05, 3.63) is 34.1 Å². The second-order valence-electron chi connectivity index (χ2n) is 7.29. The maximum Gasteiger partial charge on any atom is 0.278 e. The van der Waals surface area contributed by atoms with Gasteiger partial charge in [0.05, 0.1) is 31.0 Å². The van der Waals surface area contributed by atoms with Gasteiger partial charge in [-0.05, 0) is 19.8 Å². The highest BCUT2D eigenvalue weighted by Crippen LogP contribution is 2.39. The van der Waals surface area contributed by atoms with Crippen LogP contribution in [0.15, 0.2) is 9.05 Å². The van der Waals surface area contributed by atoms with Gasteiger partial charge in [-0.15, -0.1) is 0 Å². The largest absolute Gasteiger partial charge is 0.380 e. The van der Waals surface area contributed by atoms with E-state index in [1.54, 1.807) is 23.6 Å². The van der Waals surface area contributed by atoms with Crippen LogP contribution in [0.3, 0.4) is 0 Å². The second kappa shape index (κ2) is 6.26. The first-order valence-electron chi connectivity index (χ1n) is 9.19. The van der Waals surface area contributed by atoms with Gasteiger partial charge < -0.3 is 18.7 Å². The van der Waals surface area contributed by atoms with E-state index < -0.39 is 0 Å². The van der Waals surface area contributed by atoms with Crippen molar-refractivity contribution in [1.82, 2.24) is 30.0 Å². The molecule has 10 heteroatoms. The zero-order valence-electron chi connectivity index (χ0n) is 15.9. The molecule has 0 bridgehead atoms. The van der Waals surface area contributed by atoms with Crippen LogP contribution < -0.4 is 0 Å². The number of ether oxygens (including phenoxy) is 1. The summed E-state index contributed by atoms with van der Waals surface area (Å²) in [5.41, 5.74) is 3.47. The lowest BCUT2D eigenvalue weighted by molar-refractivity contribution is 0.0733. The van der Waals surface area contributed by atoms with Crippen LogP contribution in [0.1, 0.15) is 57.7 Å². The number of carbonyl (C=O) groups excluding carboxylic acids is 1. The number of methoxy groups -OCH3 is 1. The monoisotopic (exact) mass is 384 g/mol. The molecule has 0 unspecified atom stereocenters. The summed E-state index contributed by atoms with van der Waals surface area (Å²) in [6.45, 7) is 2.87. The smallest absolute Gasteiger partial charge is 0.278 e. The van der Waals surface area contributed by atoms with Crippen LogP contribution in [0.2, 0.25) is 0 Å². The normalized spacial score (nSPS) is 16.0. The molecule has 0 saturated heterocycles. The Morgan fingerprint density at radius 3 is 2.82 bits per heavy atom. The van der Waals surface area contributed by atoms with Gasteiger partial charge >= 0.3 is 0 Å². The van der Waals surface area contributed by atoms with Crippen LogP contribution in [0.4, 0.5) is 0 Å². The molecule has 0 radical (unpaired) electrons. The molecule has 0 spiro atoms. The Hall–Kier alpha value is -3.01. The summed E-state index contributed by atoms with van der Waals surface area (Å²) in [4.78, 5) is 19.3. The fourth-order valence-electron chi connectivity index (χ4n) is 3.57. The molecule has 4 heterocycles. The summed E-state index contributed by atoms with van der Waals surface area (Å²) in [6.07, 6.45) is 2.20. The summed E-state index contributed by atoms with van der Waals surface area (Å²) in [6, 6.07) is 0. The van der Waals surface area contributed by atoms with Crippen molar-refractivity contribution >= 4 is 5.91 Å². The Morgan fingerprint density at radius 2 is 2.07 bits per heavy atom. The van der Waals surface area contributed by atoms with Crippen LogP contribution >= 0.6 is 0 Å². The van der Waals surface area contributed by atoms with Gasteiger partial charge in [0.1, 0.15) is 5.76 Å². The molecule has 1 amide bonds. The molecule has 1 aliphatic carbocycles. The fourth-order valence-corrected chi connectivity index (χ4v) is 3.57. The van der Waals surface area contributed by atoms with E-state index in [9.17, 15) is 4.79 Å². The van der Waals surface area contributed by atoms with Crippen molar-refractivity contribution in [3.8, 4) is 11.6 Å². The zero-order chi connectivity index (χ0) is 19.4. The lowest BCUT2D eigenvalue weighted by Crippen LogP contribution is -2.27. The van der Waals surface area contributed by atoms with Gasteiger partial charge in [0.2, 0.25) is 0 Å². The number of aryl methyl sites for hydroxylation is 2. The van der Waals surface area contributed by atoms with Gasteiger partial charge in [-0.2, -0.15) is 10.1 Å². The summed E-state index contributed by atoms with van der Waals surface area (Å²) in [5, 5.41) is 12.6. The molecule has 1 aliphatic heterocycles. The number of amides is 1. The number of aromatic nitrogens is 5. The molecule has 2 aliphatic rings. The summed E-state index contributed by atoms with van der Waals surface area (Å²) < 4.78 is 17.6. The van der Waals surface area contributed by atoms with Crippen LogP contribution in [0.25, 0.3) is 11.6 Å². The van der Waals surface area contributed by atoms with Gasteiger partial charge in [0, 0.05) is 25.6 Å². The third-order valence-corrected chi connectivity index (χ3v) is 5.31. The Kier molecular flexibility index (Phi) is 3.83. The van der Waals surface area contributed by atoms with Crippen molar-refractivity contribution in [3.63, 3.8) is 0 Å². The predicted octanol–water partition coefficient (Wildman–Crippen LogP) is 1.95. The quantitative estimate of drug-likeness (QED) is 0.656. The lowest BCUT2D eigenvalue weighted by atomic mass is 10.2. The fraction of sp³-hybridized carbons (Fsp3) is 0.500. The van der Waals surface area contributed by atoms with E-state index in [2.05, 4.69) is 20.4 Å². The molecule has 1 fully saturated rings. The third-order valence-electron chi connectivity index (χ3n) is 5.31. The number of nitrogens with zero attached hydrogens (tertiary/aromatic N) is 6. The van der Waals surface area contributed by atoms with Crippen molar-refractivity contribution in [2.45, 2.75) is 45.4 Å². The molecular formula is C18H20N6O4. The molecule has 0 N–H and O–H groups in total. The Bertz CT molecular complexity index is 1060.